The van der Waals surface area contributed by atoms with E-state index in [0.717, 1.165) is 17.5 Å². The minimum absolute atomic E-state index is 0.142. The summed E-state index contributed by atoms with van der Waals surface area (Å²) in [6, 6.07) is 18.5. The van der Waals surface area contributed by atoms with Crippen LogP contribution in [0.15, 0.2) is 60.7 Å². The summed E-state index contributed by atoms with van der Waals surface area (Å²) in [5, 5.41) is 2.95. The highest BCUT2D eigenvalue weighted by Gasteiger charge is 2.29. The fourth-order valence-electron chi connectivity index (χ4n) is 2.90. The Morgan fingerprint density at radius 1 is 1.04 bits per heavy atom. The average molecular weight is 368 g/mol. The lowest BCUT2D eigenvalue weighted by atomic mass is 10.0. The molecular formula is C22H28N2O3. The molecule has 0 saturated carbocycles. The number of carbonyl (C=O) groups is 2. The standard InChI is InChI=1S/C22H28N2O3/c1-3-27-16-10-15-23-22(26)21(20-13-8-5-9-14-20)24(18(2)25)17-19-11-6-4-7-12-19/h4-9,11-14,21H,3,10,15-17H2,1-2H3,(H,23,26). The number of nitrogens with one attached hydrogen (secondary N) is 1. The quantitative estimate of drug-likeness (QED) is 0.655. The van der Waals surface area contributed by atoms with Crippen molar-refractivity contribution in [3.63, 3.8) is 0 Å². The van der Waals surface area contributed by atoms with Gasteiger partial charge in [-0.1, -0.05) is 60.7 Å². The molecule has 144 valence electrons. The summed E-state index contributed by atoms with van der Waals surface area (Å²) in [6.07, 6.45) is 0.736. The molecule has 5 nitrogen and oxygen atoms in total. The van der Waals surface area contributed by atoms with E-state index in [9.17, 15) is 9.59 Å². The first kappa shape index (κ1) is 20.6. The van der Waals surface area contributed by atoms with Crippen LogP contribution in [0.2, 0.25) is 0 Å². The lowest BCUT2D eigenvalue weighted by Gasteiger charge is -2.30. The zero-order valence-electron chi connectivity index (χ0n) is 16.1. The van der Waals surface area contributed by atoms with Gasteiger partial charge in [0.15, 0.2) is 0 Å². The smallest absolute Gasteiger partial charge is 0.247 e. The molecule has 0 radical (unpaired) electrons. The van der Waals surface area contributed by atoms with Crippen LogP contribution in [-0.4, -0.2) is 36.5 Å². The summed E-state index contributed by atoms with van der Waals surface area (Å²) >= 11 is 0. The summed E-state index contributed by atoms with van der Waals surface area (Å²) in [5.41, 5.74) is 1.78. The number of amides is 2. The van der Waals surface area contributed by atoms with Crippen molar-refractivity contribution in [1.82, 2.24) is 10.2 Å². The molecule has 27 heavy (non-hydrogen) atoms. The zero-order valence-corrected chi connectivity index (χ0v) is 16.1. The van der Waals surface area contributed by atoms with Gasteiger partial charge in [0.05, 0.1) is 0 Å². The summed E-state index contributed by atoms with van der Waals surface area (Å²) < 4.78 is 5.31. The minimum atomic E-state index is -0.670. The molecule has 2 aromatic carbocycles. The highest BCUT2D eigenvalue weighted by atomic mass is 16.5. The topological polar surface area (TPSA) is 58.6 Å². The number of nitrogens with zero attached hydrogens (tertiary/aromatic N) is 1. The molecule has 5 heteroatoms. The number of hydrogen-bond donors (Lipinski definition) is 1. The van der Waals surface area contributed by atoms with Crippen molar-refractivity contribution < 1.29 is 14.3 Å². The molecule has 2 rings (SSSR count). The van der Waals surface area contributed by atoms with Gasteiger partial charge in [-0.3, -0.25) is 9.59 Å². The second-order valence-electron chi connectivity index (χ2n) is 6.29. The second-order valence-corrected chi connectivity index (χ2v) is 6.29. The van der Waals surface area contributed by atoms with E-state index in [1.807, 2.05) is 67.6 Å². The Hall–Kier alpha value is -2.66. The lowest BCUT2D eigenvalue weighted by Crippen LogP contribution is -2.43. The molecule has 0 aliphatic rings. The maximum absolute atomic E-state index is 13.0. The van der Waals surface area contributed by atoms with Gasteiger partial charge < -0.3 is 15.0 Å². The van der Waals surface area contributed by atoms with Crippen LogP contribution in [0.3, 0.4) is 0 Å². The van der Waals surface area contributed by atoms with Crippen molar-refractivity contribution in [3.05, 3.63) is 71.8 Å². The Balaban J connectivity index is 2.19. The zero-order chi connectivity index (χ0) is 19.5. The number of rotatable bonds is 10. The third-order valence-corrected chi connectivity index (χ3v) is 4.24. The predicted octanol–water partition coefficient (Wildman–Crippen LogP) is 3.32. The van der Waals surface area contributed by atoms with Crippen LogP contribution in [0.5, 0.6) is 0 Å². The molecule has 1 atom stereocenters. The molecule has 0 aliphatic heterocycles. The fourth-order valence-corrected chi connectivity index (χ4v) is 2.90. The maximum atomic E-state index is 13.0. The van der Waals surface area contributed by atoms with Gasteiger partial charge in [-0.25, -0.2) is 0 Å². The van der Waals surface area contributed by atoms with Gasteiger partial charge in [-0.2, -0.15) is 0 Å². The molecule has 0 saturated heterocycles. The van der Waals surface area contributed by atoms with E-state index in [1.54, 1.807) is 4.90 Å². The molecule has 1 unspecified atom stereocenters. The van der Waals surface area contributed by atoms with E-state index < -0.39 is 6.04 Å². The molecule has 2 aromatic rings. The van der Waals surface area contributed by atoms with Crippen molar-refractivity contribution in [2.45, 2.75) is 32.9 Å². The van der Waals surface area contributed by atoms with E-state index in [4.69, 9.17) is 4.74 Å². The van der Waals surface area contributed by atoms with E-state index in [-0.39, 0.29) is 11.8 Å². The van der Waals surface area contributed by atoms with Gasteiger partial charge in [-0.15, -0.1) is 0 Å². The largest absolute Gasteiger partial charge is 0.382 e. The van der Waals surface area contributed by atoms with Crippen LogP contribution in [-0.2, 0) is 20.9 Å². The third kappa shape index (κ3) is 6.53. The fraction of sp³-hybridized carbons (Fsp3) is 0.364. The molecule has 0 heterocycles. The molecule has 1 N–H and O–H groups in total. The lowest BCUT2D eigenvalue weighted by molar-refractivity contribution is -0.140. The molecule has 0 fully saturated rings. The number of ether oxygens (including phenoxy) is 1. The highest BCUT2D eigenvalue weighted by molar-refractivity contribution is 5.88. The van der Waals surface area contributed by atoms with Crippen LogP contribution in [0.4, 0.5) is 0 Å². The predicted molar refractivity (Wildman–Crippen MR) is 106 cm³/mol. The number of hydrogen-bond acceptors (Lipinski definition) is 3. The van der Waals surface area contributed by atoms with Crippen molar-refractivity contribution in [1.29, 1.82) is 0 Å². The van der Waals surface area contributed by atoms with Crippen LogP contribution in [0.1, 0.15) is 37.4 Å². The highest BCUT2D eigenvalue weighted by Crippen LogP contribution is 2.23. The van der Waals surface area contributed by atoms with E-state index in [0.29, 0.717) is 26.3 Å². The normalized spacial score (nSPS) is 11.6. The van der Waals surface area contributed by atoms with Gasteiger partial charge in [0.1, 0.15) is 6.04 Å². The van der Waals surface area contributed by atoms with E-state index >= 15 is 0 Å². The Morgan fingerprint density at radius 2 is 1.67 bits per heavy atom. The molecule has 0 aromatic heterocycles. The molecule has 2 amide bonds. The Kier molecular flexibility index (Phi) is 8.52. The van der Waals surface area contributed by atoms with E-state index in [2.05, 4.69) is 5.32 Å². The Morgan fingerprint density at radius 3 is 2.26 bits per heavy atom. The van der Waals surface area contributed by atoms with Crippen LogP contribution in [0.25, 0.3) is 0 Å². The van der Waals surface area contributed by atoms with Gasteiger partial charge in [0.2, 0.25) is 11.8 Å². The average Bonchev–Trinajstić information content (AvgIpc) is 2.69. The summed E-state index contributed by atoms with van der Waals surface area (Å²) in [5.74, 6) is -0.319. The first-order chi connectivity index (χ1) is 13.1. The van der Waals surface area contributed by atoms with Crippen LogP contribution >= 0.6 is 0 Å². The van der Waals surface area contributed by atoms with Gasteiger partial charge in [-0.05, 0) is 24.5 Å². The first-order valence-corrected chi connectivity index (χ1v) is 9.35. The summed E-state index contributed by atoms with van der Waals surface area (Å²) in [7, 11) is 0. The van der Waals surface area contributed by atoms with Crippen molar-refractivity contribution in [2.24, 2.45) is 0 Å². The monoisotopic (exact) mass is 368 g/mol. The minimum Gasteiger partial charge on any atom is -0.382 e. The number of carbonyl (C=O) groups excluding carboxylic acids is 2. The SMILES string of the molecule is CCOCCCNC(=O)C(c1ccccc1)N(Cc1ccccc1)C(C)=O. The number of benzene rings is 2. The van der Waals surface area contributed by atoms with Gasteiger partial charge in [0.25, 0.3) is 0 Å². The van der Waals surface area contributed by atoms with Crippen molar-refractivity contribution >= 4 is 11.8 Å². The third-order valence-electron chi connectivity index (χ3n) is 4.24. The van der Waals surface area contributed by atoms with Crippen molar-refractivity contribution in [3.8, 4) is 0 Å². The molecule has 0 spiro atoms. The summed E-state index contributed by atoms with van der Waals surface area (Å²) in [4.78, 5) is 27.0. The molecular weight excluding hydrogens is 340 g/mol. The molecule has 0 bridgehead atoms. The summed E-state index contributed by atoms with van der Waals surface area (Å²) in [6.45, 7) is 5.60. The van der Waals surface area contributed by atoms with Gasteiger partial charge >= 0.3 is 0 Å². The second kappa shape index (κ2) is 11.1. The van der Waals surface area contributed by atoms with Crippen LogP contribution in [0, 0.1) is 0 Å². The first-order valence-electron chi connectivity index (χ1n) is 9.35. The molecule has 0 aliphatic carbocycles. The van der Waals surface area contributed by atoms with Gasteiger partial charge in [0, 0.05) is 33.2 Å². The maximum Gasteiger partial charge on any atom is 0.247 e. The Bertz CT molecular complexity index is 704. The van der Waals surface area contributed by atoms with E-state index in [1.165, 1.54) is 6.92 Å². The Labute approximate surface area is 161 Å². The van der Waals surface area contributed by atoms with Crippen LogP contribution < -0.4 is 5.32 Å². The van der Waals surface area contributed by atoms with Crippen molar-refractivity contribution in [2.75, 3.05) is 19.8 Å².